The number of thiophene rings is 1. The molecule has 0 spiro atoms. The molecule has 1 aromatic heterocycles. The second-order valence-electron chi connectivity index (χ2n) is 6.17. The van der Waals surface area contributed by atoms with Gasteiger partial charge in [-0.05, 0) is 49.5 Å². The monoisotopic (exact) mass is 362 g/mol. The molecule has 1 aromatic carbocycles. The first-order valence-corrected chi connectivity index (χ1v) is 9.81. The fourth-order valence-corrected chi connectivity index (χ4v) is 4.31. The van der Waals surface area contributed by atoms with E-state index in [-0.39, 0.29) is 11.9 Å². The lowest BCUT2D eigenvalue weighted by molar-refractivity contribution is 0.0934. The van der Waals surface area contributed by atoms with Crippen molar-refractivity contribution in [2.75, 3.05) is 19.6 Å². The molecule has 0 radical (unpaired) electrons. The van der Waals surface area contributed by atoms with Gasteiger partial charge in [-0.25, -0.2) is 0 Å². The van der Waals surface area contributed by atoms with Crippen molar-refractivity contribution in [2.24, 2.45) is 0 Å². The first-order valence-electron chi connectivity index (χ1n) is 8.56. The molecule has 1 aliphatic heterocycles. The van der Waals surface area contributed by atoms with Crippen LogP contribution in [0.2, 0.25) is 5.02 Å². The molecule has 24 heavy (non-hydrogen) atoms. The van der Waals surface area contributed by atoms with Crippen molar-refractivity contribution < 1.29 is 4.79 Å². The summed E-state index contributed by atoms with van der Waals surface area (Å²) in [5, 5.41) is 5.69. The van der Waals surface area contributed by atoms with Crippen LogP contribution >= 0.6 is 22.9 Å². The zero-order valence-electron chi connectivity index (χ0n) is 13.7. The Morgan fingerprint density at radius 2 is 1.88 bits per heavy atom. The predicted molar refractivity (Wildman–Crippen MR) is 101 cm³/mol. The van der Waals surface area contributed by atoms with E-state index in [0.717, 1.165) is 13.1 Å². The van der Waals surface area contributed by atoms with Crippen LogP contribution in [0.1, 0.15) is 47.0 Å². The number of halogens is 1. The van der Waals surface area contributed by atoms with Gasteiger partial charge in [-0.3, -0.25) is 9.69 Å². The van der Waals surface area contributed by atoms with E-state index in [4.69, 9.17) is 11.6 Å². The van der Waals surface area contributed by atoms with Crippen LogP contribution in [0.15, 0.2) is 41.8 Å². The average molecular weight is 363 g/mol. The van der Waals surface area contributed by atoms with Gasteiger partial charge in [0.2, 0.25) is 0 Å². The number of nitrogens with zero attached hydrogens (tertiary/aromatic N) is 1. The highest BCUT2D eigenvalue weighted by atomic mass is 35.5. The number of rotatable bonds is 5. The minimum atomic E-state index is -0.100. The van der Waals surface area contributed by atoms with E-state index in [9.17, 15) is 4.79 Å². The van der Waals surface area contributed by atoms with Crippen molar-refractivity contribution in [3.8, 4) is 0 Å². The maximum atomic E-state index is 12.5. The van der Waals surface area contributed by atoms with Crippen molar-refractivity contribution >= 4 is 28.8 Å². The Bertz CT molecular complexity index is 651. The Kier molecular flexibility index (Phi) is 6.30. The van der Waals surface area contributed by atoms with Gasteiger partial charge in [0, 0.05) is 11.4 Å². The minimum absolute atomic E-state index is 0.100. The summed E-state index contributed by atoms with van der Waals surface area (Å²) in [5.74, 6) is -0.100. The Morgan fingerprint density at radius 1 is 1.12 bits per heavy atom. The highest BCUT2D eigenvalue weighted by molar-refractivity contribution is 7.10. The summed E-state index contributed by atoms with van der Waals surface area (Å²) >= 11 is 7.90. The molecule has 2 heterocycles. The van der Waals surface area contributed by atoms with E-state index < -0.39 is 0 Å². The molecule has 1 aliphatic rings. The lowest BCUT2D eigenvalue weighted by Crippen LogP contribution is -2.38. The number of hydrogen-bond acceptors (Lipinski definition) is 3. The molecule has 1 saturated heterocycles. The Labute approximate surface area is 152 Å². The van der Waals surface area contributed by atoms with E-state index in [2.05, 4.69) is 27.7 Å². The summed E-state index contributed by atoms with van der Waals surface area (Å²) in [6.45, 7) is 2.82. The number of nitrogens with one attached hydrogen (secondary N) is 1. The number of carbonyl (C=O) groups is 1. The summed E-state index contributed by atoms with van der Waals surface area (Å²) in [5.41, 5.74) is 0.542. The van der Waals surface area contributed by atoms with Gasteiger partial charge in [0.05, 0.1) is 16.6 Å². The minimum Gasteiger partial charge on any atom is -0.350 e. The van der Waals surface area contributed by atoms with Crippen LogP contribution in [0.5, 0.6) is 0 Å². The highest BCUT2D eigenvalue weighted by Gasteiger charge is 2.23. The summed E-state index contributed by atoms with van der Waals surface area (Å²) in [7, 11) is 0. The third-order valence-electron chi connectivity index (χ3n) is 4.53. The van der Waals surface area contributed by atoms with Gasteiger partial charge < -0.3 is 5.32 Å². The molecule has 0 aliphatic carbocycles. The van der Waals surface area contributed by atoms with Gasteiger partial charge >= 0.3 is 0 Å². The zero-order chi connectivity index (χ0) is 16.8. The molecule has 3 rings (SSSR count). The quantitative estimate of drug-likeness (QED) is 0.832. The third-order valence-corrected chi connectivity index (χ3v) is 5.83. The average Bonchev–Trinajstić information content (AvgIpc) is 2.98. The van der Waals surface area contributed by atoms with Crippen LogP contribution in [-0.2, 0) is 0 Å². The van der Waals surface area contributed by atoms with Crippen molar-refractivity contribution in [2.45, 2.75) is 31.7 Å². The first kappa shape index (κ1) is 17.5. The van der Waals surface area contributed by atoms with Crippen LogP contribution in [-0.4, -0.2) is 30.4 Å². The molecule has 1 fully saturated rings. The largest absolute Gasteiger partial charge is 0.350 e. The Hall–Kier alpha value is -1.36. The van der Waals surface area contributed by atoms with E-state index in [0.29, 0.717) is 17.1 Å². The molecule has 1 N–H and O–H groups in total. The summed E-state index contributed by atoms with van der Waals surface area (Å²) in [6, 6.07) is 11.7. The molecule has 1 amide bonds. The van der Waals surface area contributed by atoms with E-state index in [1.54, 1.807) is 23.5 Å². The topological polar surface area (TPSA) is 32.3 Å². The zero-order valence-corrected chi connectivity index (χ0v) is 15.3. The second kappa shape index (κ2) is 8.65. The lowest BCUT2D eigenvalue weighted by atomic mass is 10.1. The molecule has 128 valence electrons. The van der Waals surface area contributed by atoms with Gasteiger partial charge in [0.1, 0.15) is 0 Å². The van der Waals surface area contributed by atoms with E-state index >= 15 is 0 Å². The van der Waals surface area contributed by atoms with Crippen molar-refractivity contribution in [3.05, 3.63) is 57.2 Å². The van der Waals surface area contributed by atoms with E-state index in [1.807, 2.05) is 12.1 Å². The Balaban J connectivity index is 1.70. The fraction of sp³-hybridized carbons (Fsp3) is 0.421. The van der Waals surface area contributed by atoms with Gasteiger partial charge in [0.15, 0.2) is 0 Å². The third kappa shape index (κ3) is 4.38. The summed E-state index contributed by atoms with van der Waals surface area (Å²) in [4.78, 5) is 16.3. The molecule has 0 saturated carbocycles. The number of benzene rings is 1. The van der Waals surface area contributed by atoms with Gasteiger partial charge in [0.25, 0.3) is 5.91 Å². The highest BCUT2D eigenvalue weighted by Crippen LogP contribution is 2.27. The molecule has 1 atom stereocenters. The van der Waals surface area contributed by atoms with Crippen LogP contribution in [0, 0.1) is 0 Å². The van der Waals surface area contributed by atoms with Crippen LogP contribution in [0.25, 0.3) is 0 Å². The van der Waals surface area contributed by atoms with Crippen LogP contribution in [0.3, 0.4) is 0 Å². The summed E-state index contributed by atoms with van der Waals surface area (Å²) < 4.78 is 0. The first-order chi connectivity index (χ1) is 11.8. The molecule has 1 unspecified atom stereocenters. The number of carbonyl (C=O) groups excluding carboxylic acids is 1. The summed E-state index contributed by atoms with van der Waals surface area (Å²) in [6.07, 6.45) is 5.08. The fourth-order valence-electron chi connectivity index (χ4n) is 3.23. The smallest absolute Gasteiger partial charge is 0.252 e. The van der Waals surface area contributed by atoms with Crippen LogP contribution < -0.4 is 5.32 Å². The standard InChI is InChI=1S/C19H23ClN2OS/c20-16-9-4-3-8-15(16)19(23)21-14-17(18-10-7-13-24-18)22-11-5-1-2-6-12-22/h3-4,7-10,13,17H,1-2,5-6,11-12,14H2,(H,21,23). The SMILES string of the molecule is O=C(NCC(c1cccs1)N1CCCCCC1)c1ccccc1Cl. The van der Waals surface area contributed by atoms with E-state index in [1.165, 1.54) is 30.6 Å². The van der Waals surface area contributed by atoms with Crippen molar-refractivity contribution in [3.63, 3.8) is 0 Å². The number of hydrogen-bond donors (Lipinski definition) is 1. The van der Waals surface area contributed by atoms with Gasteiger partial charge in [-0.2, -0.15) is 0 Å². The van der Waals surface area contributed by atoms with Crippen LogP contribution in [0.4, 0.5) is 0 Å². The number of amides is 1. The van der Waals surface area contributed by atoms with Crippen molar-refractivity contribution in [1.29, 1.82) is 0 Å². The van der Waals surface area contributed by atoms with Gasteiger partial charge in [-0.1, -0.05) is 42.6 Å². The second-order valence-corrected chi connectivity index (χ2v) is 7.56. The Morgan fingerprint density at radius 3 is 2.54 bits per heavy atom. The maximum Gasteiger partial charge on any atom is 0.252 e. The molecule has 5 heteroatoms. The molecule has 0 bridgehead atoms. The normalized spacial score (nSPS) is 17.2. The molecule has 3 nitrogen and oxygen atoms in total. The molecule has 2 aromatic rings. The molecular weight excluding hydrogens is 340 g/mol. The maximum absolute atomic E-state index is 12.5. The van der Waals surface area contributed by atoms with Crippen molar-refractivity contribution in [1.82, 2.24) is 10.2 Å². The number of likely N-dealkylation sites (tertiary alicyclic amines) is 1. The van der Waals surface area contributed by atoms with Gasteiger partial charge in [-0.15, -0.1) is 11.3 Å². The molecular formula is C19H23ClN2OS. The predicted octanol–water partition coefficient (Wildman–Crippen LogP) is 4.75. The lowest BCUT2D eigenvalue weighted by Gasteiger charge is -2.30.